The molecule has 0 aromatic heterocycles. The van der Waals surface area contributed by atoms with Gasteiger partial charge >= 0.3 is 0 Å². The normalized spacial score (nSPS) is 8.11. The van der Waals surface area contributed by atoms with Crippen LogP contribution in [0, 0.1) is 14.9 Å². The molecule has 2 aromatic rings. The molecule has 0 nitrogen and oxygen atoms in total. The average molecular weight is 434 g/mol. The summed E-state index contributed by atoms with van der Waals surface area (Å²) < 4.78 is 0. The smallest absolute Gasteiger partial charge is 0 e. The van der Waals surface area contributed by atoms with Crippen LogP contribution in [0.25, 0.3) is 0 Å². The molecule has 98 valence electrons. The fraction of sp³-hybridized carbons (Fsp3) is 0.0667. The van der Waals surface area contributed by atoms with E-state index in [1.807, 2.05) is 0 Å². The van der Waals surface area contributed by atoms with Crippen LogP contribution in [-0.4, -0.2) is 25.5 Å². The predicted octanol–water partition coefficient (Wildman–Crippen LogP) is 3.27. The maximum Gasteiger partial charge on any atom is 0 e. The second kappa shape index (κ2) is 12.3. The van der Waals surface area contributed by atoms with Crippen molar-refractivity contribution in [2.45, 2.75) is 0 Å². The molecule has 0 saturated carbocycles. The van der Waals surface area contributed by atoms with Crippen LogP contribution in [0.1, 0.15) is 0 Å². The second-order valence-corrected chi connectivity index (χ2v) is 5.38. The molecule has 3 heteroatoms. The van der Waals surface area contributed by atoms with Gasteiger partial charge in [-0.15, -0.1) is 0 Å². The maximum absolute atomic E-state index is 2.31. The van der Waals surface area contributed by atoms with Crippen molar-refractivity contribution in [3.05, 3.63) is 75.5 Å². The molecule has 0 bridgehead atoms. The zero-order valence-corrected chi connectivity index (χ0v) is 14.6. The zero-order chi connectivity index (χ0) is 9.80. The van der Waals surface area contributed by atoms with Gasteiger partial charge in [0, 0.05) is 41.2 Å². The van der Waals surface area contributed by atoms with Gasteiger partial charge in [0.2, 0.25) is 0 Å². The molecule has 0 aliphatic rings. The fourth-order valence-corrected chi connectivity index (χ4v) is 2.99. The minimum absolute atomic E-state index is 0. The molecule has 2 aromatic carbocycles. The van der Waals surface area contributed by atoms with Gasteiger partial charge in [-0.3, -0.25) is 0 Å². The van der Waals surface area contributed by atoms with Crippen molar-refractivity contribution in [2.24, 2.45) is 0 Å². The van der Waals surface area contributed by atoms with Gasteiger partial charge in [0.25, 0.3) is 0 Å². The summed E-state index contributed by atoms with van der Waals surface area (Å²) in [7, 11) is -0.171. The van der Waals surface area contributed by atoms with Crippen LogP contribution < -0.4 is 10.6 Å². The largest absolute Gasteiger partial charge is 0.358 e. The van der Waals surface area contributed by atoms with Crippen LogP contribution in [0.4, 0.5) is 0 Å². The third kappa shape index (κ3) is 6.40. The van der Waals surface area contributed by atoms with E-state index < -0.39 is 0 Å². The van der Waals surface area contributed by atoms with Crippen LogP contribution in [0.5, 0.6) is 0 Å². The van der Waals surface area contributed by atoms with E-state index in [1.54, 1.807) is 0 Å². The SMILES string of the molecule is CP(c1ccccc1)c1ccccc1.[Au].[CH3-].[CH3-].[Li]. The Bertz CT molecular complexity index is 352. The molecule has 0 spiro atoms. The molecule has 0 saturated heterocycles. The molecule has 18 heavy (non-hydrogen) atoms. The van der Waals surface area contributed by atoms with Gasteiger partial charge in [0.15, 0.2) is 0 Å². The van der Waals surface area contributed by atoms with E-state index in [1.165, 1.54) is 10.6 Å². The summed E-state index contributed by atoms with van der Waals surface area (Å²) in [6.45, 7) is 2.31. The molecule has 0 aliphatic heterocycles. The third-order valence-corrected chi connectivity index (χ3v) is 4.43. The number of hydrogen-bond acceptors (Lipinski definition) is 0. The molecule has 0 amide bonds. The van der Waals surface area contributed by atoms with E-state index in [-0.39, 0.29) is 64.0 Å². The Hall–Kier alpha value is 0.208. The number of hydrogen-bond donors (Lipinski definition) is 0. The minimum atomic E-state index is -0.171. The number of rotatable bonds is 2. The van der Waals surface area contributed by atoms with E-state index in [2.05, 4.69) is 67.3 Å². The van der Waals surface area contributed by atoms with Crippen molar-refractivity contribution in [3.8, 4) is 0 Å². The summed E-state index contributed by atoms with van der Waals surface area (Å²) >= 11 is 0. The van der Waals surface area contributed by atoms with Gasteiger partial charge in [-0.1, -0.05) is 60.7 Å². The van der Waals surface area contributed by atoms with Gasteiger partial charge in [-0.2, -0.15) is 0 Å². The first-order valence-electron chi connectivity index (χ1n) is 4.72. The van der Waals surface area contributed by atoms with Crippen LogP contribution in [0.2, 0.25) is 0 Å². The Balaban J connectivity index is -0.000000562. The van der Waals surface area contributed by atoms with Crippen LogP contribution in [0.3, 0.4) is 0 Å². The van der Waals surface area contributed by atoms with E-state index in [9.17, 15) is 0 Å². The third-order valence-electron chi connectivity index (χ3n) is 2.29. The first-order valence-corrected chi connectivity index (χ1v) is 6.50. The fourth-order valence-electron chi connectivity index (χ4n) is 1.45. The molecule has 2 rings (SSSR count). The Morgan fingerprint density at radius 2 is 0.944 bits per heavy atom. The second-order valence-electron chi connectivity index (χ2n) is 3.23. The molecule has 0 heterocycles. The van der Waals surface area contributed by atoms with E-state index in [0.29, 0.717) is 0 Å². The summed E-state index contributed by atoms with van der Waals surface area (Å²) in [4.78, 5) is 0. The first-order chi connectivity index (χ1) is 6.88. The van der Waals surface area contributed by atoms with Crippen molar-refractivity contribution < 1.29 is 22.4 Å². The van der Waals surface area contributed by atoms with Crippen LogP contribution >= 0.6 is 7.92 Å². The minimum Gasteiger partial charge on any atom is -0.358 e. The molecule has 0 unspecified atom stereocenters. The zero-order valence-electron chi connectivity index (χ0n) is 11.5. The molecular formula is C15H19AuLiP-2. The van der Waals surface area contributed by atoms with Crippen molar-refractivity contribution in [3.63, 3.8) is 0 Å². The Morgan fingerprint density at radius 3 is 1.22 bits per heavy atom. The van der Waals surface area contributed by atoms with Crippen LogP contribution in [-0.2, 0) is 22.4 Å². The standard InChI is InChI=1S/C13H13P.2CH3.Au.Li/c1-14(12-8-4-2-5-9-12)13-10-6-3-7-11-13;;;;/h2-11H,1H3;2*1H3;;/q;2*-1;;. The maximum atomic E-state index is 2.31. The van der Waals surface area contributed by atoms with Gasteiger partial charge in [-0.05, 0) is 25.2 Å². The Labute approximate surface area is 141 Å². The summed E-state index contributed by atoms with van der Waals surface area (Å²) in [6.07, 6.45) is 0. The molecular weight excluding hydrogens is 415 g/mol. The molecule has 0 fully saturated rings. The van der Waals surface area contributed by atoms with Gasteiger partial charge in [0.1, 0.15) is 0 Å². The van der Waals surface area contributed by atoms with E-state index >= 15 is 0 Å². The summed E-state index contributed by atoms with van der Waals surface area (Å²) in [5.41, 5.74) is 0. The Morgan fingerprint density at radius 1 is 0.667 bits per heavy atom. The van der Waals surface area contributed by atoms with Gasteiger partial charge in [-0.25, -0.2) is 0 Å². The summed E-state index contributed by atoms with van der Waals surface area (Å²) in [6, 6.07) is 21.4. The van der Waals surface area contributed by atoms with E-state index in [0.717, 1.165) is 0 Å². The quantitative estimate of drug-likeness (QED) is 0.387. The average Bonchev–Trinajstić information content (AvgIpc) is 2.30. The summed E-state index contributed by atoms with van der Waals surface area (Å²) in [5, 5.41) is 2.88. The molecule has 2 radical (unpaired) electrons. The molecule has 0 atom stereocenters. The van der Waals surface area contributed by atoms with Gasteiger partial charge < -0.3 is 14.9 Å². The van der Waals surface area contributed by atoms with Gasteiger partial charge in [0.05, 0.1) is 0 Å². The van der Waals surface area contributed by atoms with Crippen LogP contribution in [0.15, 0.2) is 60.7 Å². The Kier molecular flexibility index (Phi) is 15.9. The number of benzene rings is 2. The predicted molar refractivity (Wildman–Crippen MR) is 83.6 cm³/mol. The molecule has 0 N–H and O–H groups in total. The molecule has 0 aliphatic carbocycles. The van der Waals surface area contributed by atoms with Crippen molar-refractivity contribution >= 4 is 37.4 Å². The van der Waals surface area contributed by atoms with Crippen molar-refractivity contribution in [1.29, 1.82) is 0 Å². The van der Waals surface area contributed by atoms with Crippen molar-refractivity contribution in [1.82, 2.24) is 0 Å². The topological polar surface area (TPSA) is 0 Å². The van der Waals surface area contributed by atoms with E-state index in [4.69, 9.17) is 0 Å². The van der Waals surface area contributed by atoms with Crippen molar-refractivity contribution in [2.75, 3.05) is 6.66 Å². The first kappa shape index (κ1) is 23.3. The summed E-state index contributed by atoms with van der Waals surface area (Å²) in [5.74, 6) is 0. The monoisotopic (exact) mass is 434 g/mol.